The van der Waals surface area contributed by atoms with Gasteiger partial charge in [-0.2, -0.15) is 0 Å². The van der Waals surface area contributed by atoms with E-state index < -0.39 is 0 Å². The van der Waals surface area contributed by atoms with Crippen LogP contribution in [0.2, 0.25) is 0 Å². The number of halogens is 1. The van der Waals surface area contributed by atoms with Gasteiger partial charge in [0.25, 0.3) is 0 Å². The first-order valence-corrected chi connectivity index (χ1v) is 8.43. The van der Waals surface area contributed by atoms with Crippen LogP contribution in [0.1, 0.15) is 44.9 Å². The number of ether oxygens (including phenoxy) is 2. The van der Waals surface area contributed by atoms with Crippen LogP contribution in [0.5, 0.6) is 0 Å². The molecule has 2 aliphatic heterocycles. The average molecular weight is 334 g/mol. The van der Waals surface area contributed by atoms with Gasteiger partial charge in [-0.05, 0) is 38.5 Å². The zero-order chi connectivity index (χ0) is 13.6. The molecule has 5 heteroatoms. The highest BCUT2D eigenvalue weighted by molar-refractivity contribution is 9.09. The summed E-state index contributed by atoms with van der Waals surface area (Å²) in [5, 5.41) is 4.00. The van der Waals surface area contributed by atoms with Crippen molar-refractivity contribution in [2.24, 2.45) is 0 Å². The Bertz CT molecular complexity index is 286. The van der Waals surface area contributed by atoms with Crippen LogP contribution in [0.3, 0.4) is 0 Å². The SMILES string of the molecule is O=C(CCC1CCCCO1)NC1(CBr)CCOCC1. The molecule has 4 nitrogen and oxygen atoms in total. The van der Waals surface area contributed by atoms with Gasteiger partial charge < -0.3 is 14.8 Å². The Morgan fingerprint density at radius 1 is 1.26 bits per heavy atom. The maximum atomic E-state index is 12.1. The van der Waals surface area contributed by atoms with Gasteiger partial charge in [0.2, 0.25) is 5.91 Å². The molecular formula is C14H24BrNO3. The Kier molecular flexibility index (Phi) is 6.10. The molecule has 110 valence electrons. The lowest BCUT2D eigenvalue weighted by Crippen LogP contribution is -2.53. The molecule has 0 radical (unpaired) electrons. The first-order chi connectivity index (χ1) is 9.24. The summed E-state index contributed by atoms with van der Waals surface area (Å²) in [4.78, 5) is 12.1. The Hall–Kier alpha value is -0.130. The summed E-state index contributed by atoms with van der Waals surface area (Å²) in [6.07, 6.45) is 6.98. The van der Waals surface area contributed by atoms with Gasteiger partial charge in [0, 0.05) is 31.6 Å². The van der Waals surface area contributed by atoms with E-state index in [1.54, 1.807) is 0 Å². The molecule has 2 heterocycles. The maximum Gasteiger partial charge on any atom is 0.220 e. The molecule has 0 aromatic carbocycles. The number of rotatable bonds is 5. The summed E-state index contributed by atoms with van der Waals surface area (Å²) in [6.45, 7) is 2.32. The number of carbonyl (C=O) groups excluding carboxylic acids is 1. The number of carbonyl (C=O) groups is 1. The summed E-state index contributed by atoms with van der Waals surface area (Å²) >= 11 is 3.53. The lowest BCUT2D eigenvalue weighted by molar-refractivity contribution is -0.124. The van der Waals surface area contributed by atoms with Crippen LogP contribution in [0, 0.1) is 0 Å². The van der Waals surface area contributed by atoms with Crippen LogP contribution in [-0.4, -0.2) is 42.7 Å². The van der Waals surface area contributed by atoms with Crippen molar-refractivity contribution in [3.05, 3.63) is 0 Å². The standard InChI is InChI=1S/C14H24BrNO3/c15-11-14(6-9-18-10-7-14)16-13(17)5-4-12-3-1-2-8-19-12/h12H,1-11H2,(H,16,17). The largest absolute Gasteiger partial charge is 0.381 e. The molecule has 19 heavy (non-hydrogen) atoms. The maximum absolute atomic E-state index is 12.1. The van der Waals surface area contributed by atoms with Gasteiger partial charge >= 0.3 is 0 Å². The minimum Gasteiger partial charge on any atom is -0.381 e. The van der Waals surface area contributed by atoms with E-state index in [-0.39, 0.29) is 17.6 Å². The van der Waals surface area contributed by atoms with Gasteiger partial charge in [0.05, 0.1) is 11.6 Å². The molecule has 2 saturated heterocycles. The van der Waals surface area contributed by atoms with Crippen molar-refractivity contribution in [2.75, 3.05) is 25.2 Å². The highest BCUT2D eigenvalue weighted by Crippen LogP contribution is 2.23. The second kappa shape index (κ2) is 7.60. The van der Waals surface area contributed by atoms with Crippen molar-refractivity contribution < 1.29 is 14.3 Å². The lowest BCUT2D eigenvalue weighted by Gasteiger charge is -2.36. The second-order valence-electron chi connectivity index (χ2n) is 5.60. The van der Waals surface area contributed by atoms with Gasteiger partial charge in [-0.15, -0.1) is 0 Å². The molecule has 0 aliphatic carbocycles. The normalized spacial score (nSPS) is 26.9. The Morgan fingerprint density at radius 2 is 2.05 bits per heavy atom. The molecule has 0 aromatic rings. The van der Waals surface area contributed by atoms with Crippen LogP contribution in [0.4, 0.5) is 0 Å². The molecule has 2 aliphatic rings. The van der Waals surface area contributed by atoms with Crippen LogP contribution in [0.15, 0.2) is 0 Å². The number of hydrogen-bond donors (Lipinski definition) is 1. The Morgan fingerprint density at radius 3 is 2.68 bits per heavy atom. The first-order valence-electron chi connectivity index (χ1n) is 7.30. The quantitative estimate of drug-likeness (QED) is 0.786. The molecule has 0 bridgehead atoms. The minimum absolute atomic E-state index is 0.108. The van der Waals surface area contributed by atoms with E-state index >= 15 is 0 Å². The van der Waals surface area contributed by atoms with Crippen LogP contribution < -0.4 is 5.32 Å². The molecule has 1 N–H and O–H groups in total. The van der Waals surface area contributed by atoms with E-state index in [9.17, 15) is 4.79 Å². The fourth-order valence-electron chi connectivity index (χ4n) is 2.74. The number of amides is 1. The summed E-state index contributed by atoms with van der Waals surface area (Å²) in [5.74, 6) is 0.149. The minimum atomic E-state index is -0.108. The summed E-state index contributed by atoms with van der Waals surface area (Å²) in [7, 11) is 0. The fourth-order valence-corrected chi connectivity index (χ4v) is 3.44. The predicted molar refractivity (Wildman–Crippen MR) is 77.5 cm³/mol. The first kappa shape index (κ1) is 15.3. The van der Waals surface area contributed by atoms with E-state index in [0.29, 0.717) is 6.42 Å². The van der Waals surface area contributed by atoms with Crippen LogP contribution in [0.25, 0.3) is 0 Å². The molecule has 1 unspecified atom stereocenters. The topological polar surface area (TPSA) is 47.6 Å². The third-order valence-electron chi connectivity index (χ3n) is 4.08. The second-order valence-corrected chi connectivity index (χ2v) is 6.16. The third-order valence-corrected chi connectivity index (χ3v) is 5.15. The fraction of sp³-hybridized carbons (Fsp3) is 0.929. The molecule has 1 atom stereocenters. The van der Waals surface area contributed by atoms with Crippen LogP contribution >= 0.6 is 15.9 Å². The highest BCUT2D eigenvalue weighted by atomic mass is 79.9. The lowest BCUT2D eigenvalue weighted by atomic mass is 9.92. The van der Waals surface area contributed by atoms with E-state index in [2.05, 4.69) is 21.2 Å². The number of hydrogen-bond acceptors (Lipinski definition) is 3. The van der Waals surface area contributed by atoms with Crippen molar-refractivity contribution >= 4 is 21.8 Å². The van der Waals surface area contributed by atoms with Gasteiger partial charge in [-0.25, -0.2) is 0 Å². The van der Waals surface area contributed by atoms with Crippen molar-refractivity contribution in [3.8, 4) is 0 Å². The average Bonchev–Trinajstić information content (AvgIpc) is 2.47. The number of alkyl halides is 1. The monoisotopic (exact) mass is 333 g/mol. The molecule has 0 aromatic heterocycles. The molecule has 2 rings (SSSR count). The van der Waals surface area contributed by atoms with Crippen molar-refractivity contribution in [2.45, 2.75) is 56.6 Å². The van der Waals surface area contributed by atoms with Gasteiger partial charge in [0.15, 0.2) is 0 Å². The molecule has 0 spiro atoms. The summed E-state index contributed by atoms with van der Waals surface area (Å²) in [6, 6.07) is 0. The van der Waals surface area contributed by atoms with Gasteiger partial charge in [0.1, 0.15) is 0 Å². The van der Waals surface area contributed by atoms with E-state index in [4.69, 9.17) is 9.47 Å². The smallest absolute Gasteiger partial charge is 0.220 e. The van der Waals surface area contributed by atoms with Crippen molar-refractivity contribution in [1.29, 1.82) is 0 Å². The van der Waals surface area contributed by atoms with Crippen LogP contribution in [-0.2, 0) is 14.3 Å². The zero-order valence-corrected chi connectivity index (χ0v) is 13.0. The molecule has 2 fully saturated rings. The predicted octanol–water partition coefficient (Wildman–Crippen LogP) is 2.40. The van der Waals surface area contributed by atoms with E-state index in [1.807, 2.05) is 0 Å². The van der Waals surface area contributed by atoms with E-state index in [1.165, 1.54) is 6.42 Å². The molecular weight excluding hydrogens is 310 g/mol. The van der Waals surface area contributed by atoms with Crippen molar-refractivity contribution in [3.63, 3.8) is 0 Å². The third kappa shape index (κ3) is 4.72. The number of nitrogens with one attached hydrogen (secondary N) is 1. The van der Waals surface area contributed by atoms with E-state index in [0.717, 1.165) is 57.3 Å². The Labute approximate surface area is 123 Å². The van der Waals surface area contributed by atoms with Gasteiger partial charge in [-0.1, -0.05) is 15.9 Å². The zero-order valence-electron chi connectivity index (χ0n) is 11.5. The van der Waals surface area contributed by atoms with Gasteiger partial charge in [-0.3, -0.25) is 4.79 Å². The summed E-state index contributed by atoms with van der Waals surface area (Å²) < 4.78 is 11.0. The molecule has 0 saturated carbocycles. The molecule has 1 amide bonds. The van der Waals surface area contributed by atoms with Crippen molar-refractivity contribution in [1.82, 2.24) is 5.32 Å². The summed E-state index contributed by atoms with van der Waals surface area (Å²) in [5.41, 5.74) is -0.108. The Balaban J connectivity index is 1.72. The highest BCUT2D eigenvalue weighted by Gasteiger charge is 2.33.